The molecule has 10 heavy (non-hydrogen) atoms. The number of carbonyl (C=O) groups is 1. The summed E-state index contributed by atoms with van der Waals surface area (Å²) in [4.78, 5) is 22.6. The van der Waals surface area contributed by atoms with Gasteiger partial charge in [-0.05, 0) is 6.92 Å². The molecule has 0 radical (unpaired) electrons. The number of nitrogens with zero attached hydrogens (tertiary/aromatic N) is 1. The maximum Gasteiger partial charge on any atom is 0.240 e. The summed E-state index contributed by atoms with van der Waals surface area (Å²) in [6.45, 7) is 2.19. The van der Waals surface area contributed by atoms with E-state index in [1.165, 1.54) is 6.08 Å². The zero-order valence-electron chi connectivity index (χ0n) is 5.53. The van der Waals surface area contributed by atoms with Gasteiger partial charge >= 0.3 is 0 Å². The van der Waals surface area contributed by atoms with Crippen LogP contribution in [0.5, 0.6) is 0 Å². The van der Waals surface area contributed by atoms with Crippen LogP contribution < -0.4 is 0 Å². The number of hydrogen-bond donors (Lipinski definition) is 0. The lowest BCUT2D eigenvalue weighted by Gasteiger charge is -1.90. The van der Waals surface area contributed by atoms with E-state index in [0.717, 1.165) is 6.26 Å². The smallest absolute Gasteiger partial charge is 0.240 e. The van der Waals surface area contributed by atoms with Crippen LogP contribution in [0, 0.1) is 0 Å². The van der Waals surface area contributed by atoms with Gasteiger partial charge < -0.3 is 4.74 Å². The largest absolute Gasteiger partial charge is 0.499 e. The molecule has 0 aliphatic rings. The molecule has 0 N–H and O–H groups in total. The van der Waals surface area contributed by atoms with Gasteiger partial charge in [-0.3, -0.25) is 4.79 Å². The maximum absolute atomic E-state index is 9.98. The van der Waals surface area contributed by atoms with Gasteiger partial charge in [0.15, 0.2) is 12.0 Å². The third-order valence-electron chi connectivity index (χ3n) is 0.666. The van der Waals surface area contributed by atoms with E-state index >= 15 is 0 Å². The number of aliphatic imine (C=N–C) groups is 1. The normalized spacial score (nSPS) is 9.90. The summed E-state index contributed by atoms with van der Waals surface area (Å²) >= 11 is 0. The van der Waals surface area contributed by atoms with E-state index in [0.29, 0.717) is 12.9 Å². The monoisotopic (exact) mass is 141 g/mol. The topological polar surface area (TPSA) is 55.7 Å². The van der Waals surface area contributed by atoms with Crippen molar-refractivity contribution in [3.63, 3.8) is 0 Å². The summed E-state index contributed by atoms with van der Waals surface area (Å²) in [6, 6.07) is 0. The lowest BCUT2D eigenvalue weighted by atomic mass is 10.5. The molecule has 0 saturated carbocycles. The van der Waals surface area contributed by atoms with Gasteiger partial charge in [0.2, 0.25) is 6.08 Å². The lowest BCUT2D eigenvalue weighted by Crippen LogP contribution is -1.84. The second-order valence-electron chi connectivity index (χ2n) is 1.32. The lowest BCUT2D eigenvalue weighted by molar-refractivity contribution is -0.105. The number of allylic oxidation sites excluding steroid dienone is 1. The number of hydrogen-bond acceptors (Lipinski definition) is 4. The van der Waals surface area contributed by atoms with Gasteiger partial charge in [0.05, 0.1) is 6.61 Å². The summed E-state index contributed by atoms with van der Waals surface area (Å²) in [5.74, 6) is 0. The minimum absolute atomic E-state index is 0.0585. The molecule has 0 rings (SSSR count). The van der Waals surface area contributed by atoms with Crippen molar-refractivity contribution in [2.75, 3.05) is 6.61 Å². The Morgan fingerprint density at radius 2 is 2.50 bits per heavy atom. The third kappa shape index (κ3) is 3.57. The molecule has 0 fully saturated rings. The van der Waals surface area contributed by atoms with Crippen molar-refractivity contribution in [2.45, 2.75) is 6.92 Å². The van der Waals surface area contributed by atoms with E-state index in [4.69, 9.17) is 0 Å². The Labute approximate surface area is 58.2 Å². The molecule has 0 bridgehead atoms. The molecule has 0 unspecified atom stereocenters. The van der Waals surface area contributed by atoms with Crippen LogP contribution in [-0.2, 0) is 14.3 Å². The van der Waals surface area contributed by atoms with Crippen LogP contribution in [0.2, 0.25) is 0 Å². The van der Waals surface area contributed by atoms with E-state index < -0.39 is 0 Å². The average Bonchev–Trinajstić information content (AvgIpc) is 1.98. The SMILES string of the molecule is CCOC=C(C=O)N=C=O. The zero-order valence-corrected chi connectivity index (χ0v) is 5.53. The highest BCUT2D eigenvalue weighted by molar-refractivity contribution is 5.73. The van der Waals surface area contributed by atoms with Crippen LogP contribution in [0.1, 0.15) is 6.92 Å². The highest BCUT2D eigenvalue weighted by Gasteiger charge is 1.88. The molecule has 0 spiro atoms. The fraction of sp³-hybridized carbons (Fsp3) is 0.333. The van der Waals surface area contributed by atoms with Gasteiger partial charge in [-0.1, -0.05) is 0 Å². The molecular formula is C6H7NO3. The quantitative estimate of drug-likeness (QED) is 0.187. The van der Waals surface area contributed by atoms with Crippen molar-refractivity contribution in [3.05, 3.63) is 12.0 Å². The Kier molecular flexibility index (Phi) is 4.91. The van der Waals surface area contributed by atoms with Crippen LogP contribution >= 0.6 is 0 Å². The average molecular weight is 141 g/mol. The number of aldehydes is 1. The second-order valence-corrected chi connectivity index (χ2v) is 1.32. The standard InChI is InChI=1S/C6H7NO3/c1-2-10-4-6(3-8)7-5-9/h3-4H,2H2,1H3. The molecule has 0 saturated heterocycles. The zero-order chi connectivity index (χ0) is 7.82. The molecule has 0 heterocycles. The molecular weight excluding hydrogens is 134 g/mol. The van der Waals surface area contributed by atoms with Crippen molar-refractivity contribution in [1.29, 1.82) is 0 Å². The van der Waals surface area contributed by atoms with Crippen LogP contribution in [0.3, 0.4) is 0 Å². The molecule has 0 aromatic heterocycles. The van der Waals surface area contributed by atoms with Crippen LogP contribution in [0.15, 0.2) is 17.0 Å². The Morgan fingerprint density at radius 3 is 2.90 bits per heavy atom. The van der Waals surface area contributed by atoms with Crippen molar-refractivity contribution >= 4 is 12.4 Å². The van der Waals surface area contributed by atoms with Gasteiger partial charge in [-0.25, -0.2) is 4.79 Å². The molecule has 4 heteroatoms. The third-order valence-corrected chi connectivity index (χ3v) is 0.666. The van der Waals surface area contributed by atoms with E-state index in [-0.39, 0.29) is 5.70 Å². The number of isocyanates is 1. The Balaban J connectivity index is 4.03. The first kappa shape index (κ1) is 8.59. The van der Waals surface area contributed by atoms with Crippen molar-refractivity contribution in [1.82, 2.24) is 0 Å². The highest BCUT2D eigenvalue weighted by atomic mass is 16.5. The van der Waals surface area contributed by atoms with E-state index in [1.807, 2.05) is 0 Å². The van der Waals surface area contributed by atoms with Gasteiger partial charge in [-0.15, -0.1) is 0 Å². The van der Waals surface area contributed by atoms with Crippen LogP contribution in [-0.4, -0.2) is 19.0 Å². The van der Waals surface area contributed by atoms with Gasteiger partial charge in [0.1, 0.15) is 6.26 Å². The first-order valence-corrected chi connectivity index (χ1v) is 2.70. The molecule has 0 aromatic carbocycles. The Morgan fingerprint density at radius 1 is 1.80 bits per heavy atom. The Hall–Kier alpha value is -1.41. The Bertz CT molecular complexity index is 179. The van der Waals surface area contributed by atoms with Crippen LogP contribution in [0.25, 0.3) is 0 Å². The molecule has 0 aromatic rings. The minimum atomic E-state index is -0.0585. The fourth-order valence-corrected chi connectivity index (χ4v) is 0.302. The van der Waals surface area contributed by atoms with E-state index in [1.54, 1.807) is 6.92 Å². The fourth-order valence-electron chi connectivity index (χ4n) is 0.302. The molecule has 4 nitrogen and oxygen atoms in total. The number of rotatable bonds is 4. The highest BCUT2D eigenvalue weighted by Crippen LogP contribution is 1.89. The predicted octanol–water partition coefficient (Wildman–Crippen LogP) is 0.399. The van der Waals surface area contributed by atoms with E-state index in [2.05, 4.69) is 9.73 Å². The van der Waals surface area contributed by atoms with Crippen molar-refractivity contribution < 1.29 is 14.3 Å². The second kappa shape index (κ2) is 5.72. The summed E-state index contributed by atoms with van der Waals surface area (Å²) in [5, 5.41) is 0. The summed E-state index contributed by atoms with van der Waals surface area (Å²) in [6.07, 6.45) is 2.75. The molecule has 0 amide bonds. The predicted molar refractivity (Wildman–Crippen MR) is 33.9 cm³/mol. The molecule has 54 valence electrons. The minimum Gasteiger partial charge on any atom is -0.499 e. The molecule has 0 atom stereocenters. The first-order chi connectivity index (χ1) is 4.85. The first-order valence-electron chi connectivity index (χ1n) is 2.70. The number of carbonyl (C=O) groups excluding carboxylic acids is 2. The van der Waals surface area contributed by atoms with Gasteiger partial charge in [0, 0.05) is 0 Å². The molecule has 0 aliphatic heterocycles. The van der Waals surface area contributed by atoms with Gasteiger partial charge in [0.25, 0.3) is 0 Å². The number of ether oxygens (including phenoxy) is 1. The summed E-state index contributed by atoms with van der Waals surface area (Å²) in [5.41, 5.74) is -0.0585. The maximum atomic E-state index is 9.98. The molecule has 0 aliphatic carbocycles. The summed E-state index contributed by atoms with van der Waals surface area (Å²) in [7, 11) is 0. The van der Waals surface area contributed by atoms with Crippen molar-refractivity contribution in [2.24, 2.45) is 4.99 Å². The van der Waals surface area contributed by atoms with Crippen LogP contribution in [0.4, 0.5) is 0 Å². The van der Waals surface area contributed by atoms with Gasteiger partial charge in [-0.2, -0.15) is 4.99 Å². The van der Waals surface area contributed by atoms with Crippen molar-refractivity contribution in [3.8, 4) is 0 Å². The van der Waals surface area contributed by atoms with E-state index in [9.17, 15) is 9.59 Å². The summed E-state index contributed by atoms with van der Waals surface area (Å²) < 4.78 is 4.67.